The maximum Gasteiger partial charge on any atom is 0.249 e. The third-order valence-electron chi connectivity index (χ3n) is 8.85. The standard InChI is InChI=1S/C19H29N3OS.C16H18N2O5/c1-19(2)9-4-5-10-22(19)24-14-15-7-6-8-17(11-15)20-18(23)16-12-21(3)13-16;1-11-3-2-4-14(23-8-7-19)12(11)9-18(10-20)13-5-6-15(21)17-16(13)22/h6-8,11,16H,4-5,9-10,12-14H2,1-3H3,(H,20,23);2-4,7,10,13H,5-6,8-9H2,1H3,(H,17,21,22). The molecule has 0 aliphatic carbocycles. The minimum absolute atomic E-state index is 0.0873. The second-order valence-corrected chi connectivity index (χ2v) is 14.0. The maximum absolute atomic E-state index is 12.2. The molecular formula is C35H47N5O6S. The third kappa shape index (κ3) is 10.1. The Balaban J connectivity index is 0.000000213. The van der Waals surface area contributed by atoms with Crippen LogP contribution in [0.5, 0.6) is 5.75 Å². The fourth-order valence-electron chi connectivity index (χ4n) is 6.02. The predicted molar refractivity (Wildman–Crippen MR) is 183 cm³/mol. The Morgan fingerprint density at radius 2 is 1.91 bits per heavy atom. The number of hydrogen-bond acceptors (Lipinski definition) is 9. The van der Waals surface area contributed by atoms with Crippen LogP contribution in [0, 0.1) is 12.8 Å². The zero-order valence-corrected chi connectivity index (χ0v) is 28.6. The SMILES string of the molecule is CN1CC(C(=O)Nc2cccc(CSN3CCCCC3(C)C)c2)C1.Cc1cccc(OCC=O)c1CN(C=O)C1CCC(=O)NC1=O. The van der Waals surface area contributed by atoms with Crippen molar-refractivity contribution in [2.75, 3.05) is 38.6 Å². The minimum Gasteiger partial charge on any atom is -0.486 e. The first kappa shape index (κ1) is 36.1. The first-order chi connectivity index (χ1) is 22.5. The van der Waals surface area contributed by atoms with Crippen LogP contribution in [0.15, 0.2) is 42.5 Å². The second kappa shape index (κ2) is 16.9. The van der Waals surface area contributed by atoms with Gasteiger partial charge in [0.1, 0.15) is 18.4 Å². The molecule has 12 heteroatoms. The first-order valence-corrected chi connectivity index (χ1v) is 17.1. The molecule has 3 aliphatic heterocycles. The zero-order valence-electron chi connectivity index (χ0n) is 27.8. The van der Waals surface area contributed by atoms with Crippen LogP contribution in [-0.4, -0.2) is 89.4 Å². The van der Waals surface area contributed by atoms with Gasteiger partial charge in [-0.2, -0.15) is 0 Å². The number of aryl methyl sites for hydroxylation is 1. The lowest BCUT2D eigenvalue weighted by atomic mass is 9.93. The van der Waals surface area contributed by atoms with Crippen molar-refractivity contribution in [3.8, 4) is 5.75 Å². The van der Waals surface area contributed by atoms with Gasteiger partial charge in [-0.15, -0.1) is 0 Å². The first-order valence-electron chi connectivity index (χ1n) is 16.2. The predicted octanol–water partition coefficient (Wildman–Crippen LogP) is 3.94. The van der Waals surface area contributed by atoms with Gasteiger partial charge in [0.2, 0.25) is 24.1 Å². The molecule has 1 atom stereocenters. The maximum atomic E-state index is 12.2. The fourth-order valence-corrected chi connectivity index (χ4v) is 7.20. The third-order valence-corrected chi connectivity index (χ3v) is 10.3. The molecule has 0 spiro atoms. The number of nitrogens with zero attached hydrogens (tertiary/aromatic N) is 3. The largest absolute Gasteiger partial charge is 0.486 e. The molecule has 47 heavy (non-hydrogen) atoms. The summed E-state index contributed by atoms with van der Waals surface area (Å²) in [5.74, 6) is 0.938. The molecule has 1 unspecified atom stereocenters. The van der Waals surface area contributed by atoms with E-state index in [0.29, 0.717) is 24.9 Å². The van der Waals surface area contributed by atoms with E-state index in [2.05, 4.69) is 45.8 Å². The molecule has 3 saturated heterocycles. The van der Waals surface area contributed by atoms with Crippen LogP contribution in [0.3, 0.4) is 0 Å². The highest BCUT2D eigenvalue weighted by atomic mass is 32.2. The van der Waals surface area contributed by atoms with E-state index in [1.165, 1.54) is 36.3 Å². The van der Waals surface area contributed by atoms with Crippen molar-refractivity contribution >= 4 is 48.1 Å². The van der Waals surface area contributed by atoms with E-state index >= 15 is 0 Å². The normalized spacial score (nSPS) is 19.8. The van der Waals surface area contributed by atoms with E-state index in [1.54, 1.807) is 12.1 Å². The lowest BCUT2D eigenvalue weighted by Gasteiger charge is -2.41. The van der Waals surface area contributed by atoms with E-state index in [9.17, 15) is 24.0 Å². The van der Waals surface area contributed by atoms with Gasteiger partial charge in [0.25, 0.3) is 0 Å². The Labute approximate surface area is 281 Å². The topological polar surface area (TPSA) is 128 Å². The zero-order chi connectivity index (χ0) is 34.0. The molecule has 2 aromatic carbocycles. The van der Waals surface area contributed by atoms with Gasteiger partial charge >= 0.3 is 0 Å². The van der Waals surface area contributed by atoms with E-state index in [0.717, 1.165) is 35.7 Å². The summed E-state index contributed by atoms with van der Waals surface area (Å²) in [5, 5.41) is 5.31. The Bertz CT molecular complexity index is 1430. The lowest BCUT2D eigenvalue weighted by molar-refractivity contribution is -0.141. The molecule has 0 saturated carbocycles. The van der Waals surface area contributed by atoms with Gasteiger partial charge in [-0.3, -0.25) is 29.3 Å². The van der Waals surface area contributed by atoms with Crippen LogP contribution >= 0.6 is 11.9 Å². The van der Waals surface area contributed by atoms with Gasteiger partial charge in [0.05, 0.1) is 12.5 Å². The highest BCUT2D eigenvalue weighted by molar-refractivity contribution is 7.96. The highest BCUT2D eigenvalue weighted by Crippen LogP contribution is 2.34. The van der Waals surface area contributed by atoms with Gasteiger partial charge in [0, 0.05) is 48.6 Å². The minimum atomic E-state index is -0.691. The van der Waals surface area contributed by atoms with Gasteiger partial charge in [-0.25, -0.2) is 4.31 Å². The highest BCUT2D eigenvalue weighted by Gasteiger charge is 2.33. The molecule has 11 nitrogen and oxygen atoms in total. The monoisotopic (exact) mass is 665 g/mol. The number of piperidine rings is 2. The number of benzene rings is 2. The Hall–Kier alpha value is -3.74. The van der Waals surface area contributed by atoms with Crippen LogP contribution in [-0.2, 0) is 36.3 Å². The summed E-state index contributed by atoms with van der Waals surface area (Å²) >= 11 is 1.92. The van der Waals surface area contributed by atoms with E-state index in [1.807, 2.05) is 44.1 Å². The number of amides is 4. The summed E-state index contributed by atoms with van der Waals surface area (Å²) in [7, 11) is 2.05. The van der Waals surface area contributed by atoms with E-state index in [-0.39, 0.29) is 42.8 Å². The molecule has 0 aromatic heterocycles. The molecule has 5 rings (SSSR count). The summed E-state index contributed by atoms with van der Waals surface area (Å²) in [5.41, 5.74) is 4.08. The second-order valence-electron chi connectivity index (χ2n) is 13.0. The molecule has 0 radical (unpaired) electrons. The molecule has 3 aliphatic rings. The molecule has 3 fully saturated rings. The summed E-state index contributed by atoms with van der Waals surface area (Å²) < 4.78 is 7.91. The Kier molecular flexibility index (Phi) is 13.0. The number of likely N-dealkylation sites (tertiary alicyclic amines) is 1. The van der Waals surface area contributed by atoms with Gasteiger partial charge < -0.3 is 19.9 Å². The van der Waals surface area contributed by atoms with Crippen LogP contribution in [0.2, 0.25) is 0 Å². The summed E-state index contributed by atoms with van der Waals surface area (Å²) in [6.45, 7) is 9.51. The number of nitrogens with one attached hydrogen (secondary N) is 2. The van der Waals surface area contributed by atoms with Crippen molar-refractivity contribution in [3.63, 3.8) is 0 Å². The Morgan fingerprint density at radius 1 is 1.15 bits per heavy atom. The fraction of sp³-hybridized carbons (Fsp3) is 0.514. The number of imide groups is 1. The van der Waals surface area contributed by atoms with Crippen molar-refractivity contribution < 1.29 is 28.7 Å². The molecule has 4 amide bonds. The van der Waals surface area contributed by atoms with Crippen molar-refractivity contribution in [1.29, 1.82) is 0 Å². The quantitative estimate of drug-likeness (QED) is 0.197. The van der Waals surface area contributed by atoms with E-state index < -0.39 is 11.9 Å². The van der Waals surface area contributed by atoms with Gasteiger partial charge in [-0.05, 0) is 76.4 Å². The van der Waals surface area contributed by atoms with Gasteiger partial charge in [0.15, 0.2) is 6.29 Å². The van der Waals surface area contributed by atoms with Crippen molar-refractivity contribution in [3.05, 3.63) is 59.2 Å². The molecule has 0 bridgehead atoms. The van der Waals surface area contributed by atoms with Crippen LogP contribution in [0.4, 0.5) is 5.69 Å². The number of rotatable bonds is 12. The molecule has 2 aromatic rings. The molecular weight excluding hydrogens is 618 g/mol. The van der Waals surface area contributed by atoms with Crippen LogP contribution in [0.1, 0.15) is 62.6 Å². The molecule has 254 valence electrons. The number of ether oxygens (including phenoxy) is 1. The average Bonchev–Trinajstić information content (AvgIpc) is 3.02. The smallest absolute Gasteiger partial charge is 0.249 e. The Morgan fingerprint density at radius 3 is 2.60 bits per heavy atom. The summed E-state index contributed by atoms with van der Waals surface area (Å²) in [6.07, 6.45) is 5.62. The van der Waals surface area contributed by atoms with Crippen LogP contribution < -0.4 is 15.4 Å². The molecule has 3 heterocycles. The van der Waals surface area contributed by atoms with Crippen molar-refractivity contribution in [2.24, 2.45) is 5.92 Å². The van der Waals surface area contributed by atoms with Gasteiger partial charge in [-0.1, -0.05) is 42.6 Å². The number of carbonyl (C=O) groups is 5. The summed E-state index contributed by atoms with van der Waals surface area (Å²) in [6, 6.07) is 13.0. The lowest BCUT2D eigenvalue weighted by Crippen LogP contribution is -2.51. The average molecular weight is 666 g/mol. The number of anilines is 1. The number of hydrogen-bond donors (Lipinski definition) is 2. The van der Waals surface area contributed by atoms with Crippen molar-refractivity contribution in [2.45, 2.75) is 76.8 Å². The summed E-state index contributed by atoms with van der Waals surface area (Å²) in [4.78, 5) is 60.8. The molecule has 2 N–H and O–H groups in total. The van der Waals surface area contributed by atoms with E-state index in [4.69, 9.17) is 4.74 Å². The van der Waals surface area contributed by atoms with Crippen molar-refractivity contribution in [1.82, 2.24) is 19.4 Å². The van der Waals surface area contributed by atoms with Crippen LogP contribution in [0.25, 0.3) is 0 Å². The number of carbonyl (C=O) groups excluding carboxylic acids is 5. The number of aldehydes is 1.